The molecule has 0 spiro atoms. The third-order valence-corrected chi connectivity index (χ3v) is 4.41. The molecule has 2 rings (SSSR count). The SMILES string of the molecule is CC1C=CC(SC(C)(C)c2ccccc2)=CC1. The van der Waals surface area contributed by atoms with Crippen LogP contribution in [0.4, 0.5) is 0 Å². The van der Waals surface area contributed by atoms with Crippen LogP contribution in [0.2, 0.25) is 0 Å². The lowest BCUT2D eigenvalue weighted by Gasteiger charge is -2.26. The molecule has 1 unspecified atom stereocenters. The molecule has 1 aliphatic carbocycles. The third kappa shape index (κ3) is 3.26. The first-order valence-corrected chi connectivity index (χ1v) is 7.02. The van der Waals surface area contributed by atoms with Crippen molar-refractivity contribution < 1.29 is 0 Å². The summed E-state index contributed by atoms with van der Waals surface area (Å²) in [5, 5.41) is 0. The smallest absolute Gasteiger partial charge is 0.0399 e. The van der Waals surface area contributed by atoms with E-state index in [1.165, 1.54) is 16.9 Å². The molecule has 0 heterocycles. The highest BCUT2D eigenvalue weighted by Crippen LogP contribution is 2.42. The maximum absolute atomic E-state index is 2.36. The zero-order chi connectivity index (χ0) is 12.3. The van der Waals surface area contributed by atoms with Crippen LogP contribution >= 0.6 is 11.8 Å². The van der Waals surface area contributed by atoms with Gasteiger partial charge in [0.05, 0.1) is 0 Å². The van der Waals surface area contributed by atoms with Gasteiger partial charge in [-0.3, -0.25) is 0 Å². The van der Waals surface area contributed by atoms with Gasteiger partial charge in [-0.2, -0.15) is 0 Å². The summed E-state index contributed by atoms with van der Waals surface area (Å²) < 4.78 is 0.137. The maximum Gasteiger partial charge on any atom is 0.0399 e. The Bertz CT molecular complexity index is 426. The zero-order valence-electron chi connectivity index (χ0n) is 10.8. The van der Waals surface area contributed by atoms with E-state index in [2.05, 4.69) is 69.3 Å². The topological polar surface area (TPSA) is 0 Å². The molecule has 17 heavy (non-hydrogen) atoms. The zero-order valence-corrected chi connectivity index (χ0v) is 11.6. The van der Waals surface area contributed by atoms with Crippen LogP contribution in [0.1, 0.15) is 32.8 Å². The van der Waals surface area contributed by atoms with Crippen LogP contribution in [-0.4, -0.2) is 0 Å². The summed E-state index contributed by atoms with van der Waals surface area (Å²) >= 11 is 1.95. The van der Waals surface area contributed by atoms with Crippen molar-refractivity contribution in [2.75, 3.05) is 0 Å². The Morgan fingerprint density at radius 3 is 2.47 bits per heavy atom. The molecule has 0 amide bonds. The summed E-state index contributed by atoms with van der Waals surface area (Å²) in [4.78, 5) is 1.40. The second-order valence-electron chi connectivity index (χ2n) is 5.16. The first kappa shape index (κ1) is 12.5. The summed E-state index contributed by atoms with van der Waals surface area (Å²) in [7, 11) is 0. The lowest BCUT2D eigenvalue weighted by atomic mass is 10.0. The normalized spacial score (nSPS) is 20.2. The molecular formula is C16H20S. The number of rotatable bonds is 3. The van der Waals surface area contributed by atoms with Gasteiger partial charge >= 0.3 is 0 Å². The van der Waals surface area contributed by atoms with E-state index in [9.17, 15) is 0 Å². The molecular weight excluding hydrogens is 224 g/mol. The number of thioether (sulfide) groups is 1. The fourth-order valence-corrected chi connectivity index (χ4v) is 3.15. The van der Waals surface area contributed by atoms with E-state index in [-0.39, 0.29) is 4.75 Å². The summed E-state index contributed by atoms with van der Waals surface area (Å²) in [6.07, 6.45) is 8.11. The average molecular weight is 244 g/mol. The van der Waals surface area contributed by atoms with Gasteiger partial charge in [-0.1, -0.05) is 55.5 Å². The van der Waals surface area contributed by atoms with Crippen molar-refractivity contribution in [3.8, 4) is 0 Å². The highest BCUT2D eigenvalue weighted by atomic mass is 32.2. The molecule has 0 aliphatic heterocycles. The minimum Gasteiger partial charge on any atom is -0.115 e. The molecule has 0 saturated carbocycles. The van der Waals surface area contributed by atoms with Crippen LogP contribution in [0.5, 0.6) is 0 Å². The minimum atomic E-state index is 0.137. The van der Waals surface area contributed by atoms with Crippen molar-refractivity contribution in [2.24, 2.45) is 5.92 Å². The average Bonchev–Trinajstić information content (AvgIpc) is 2.33. The van der Waals surface area contributed by atoms with E-state index >= 15 is 0 Å². The highest BCUT2D eigenvalue weighted by Gasteiger charge is 2.22. The van der Waals surface area contributed by atoms with Gasteiger partial charge in [0.2, 0.25) is 0 Å². The molecule has 0 aromatic heterocycles. The molecule has 0 N–H and O–H groups in total. The Kier molecular flexibility index (Phi) is 3.78. The molecule has 1 aromatic rings. The van der Waals surface area contributed by atoms with Crippen molar-refractivity contribution in [1.29, 1.82) is 0 Å². The van der Waals surface area contributed by atoms with E-state index in [0.29, 0.717) is 5.92 Å². The predicted octanol–water partition coefficient (Wildman–Crippen LogP) is 5.13. The summed E-state index contributed by atoms with van der Waals surface area (Å²) in [5.74, 6) is 0.694. The van der Waals surface area contributed by atoms with E-state index in [1.54, 1.807) is 0 Å². The van der Waals surface area contributed by atoms with Gasteiger partial charge in [0.15, 0.2) is 0 Å². The number of hydrogen-bond acceptors (Lipinski definition) is 1. The Morgan fingerprint density at radius 1 is 1.18 bits per heavy atom. The number of benzene rings is 1. The molecule has 0 saturated heterocycles. The van der Waals surface area contributed by atoms with E-state index < -0.39 is 0 Å². The predicted molar refractivity (Wildman–Crippen MR) is 78.1 cm³/mol. The van der Waals surface area contributed by atoms with Gasteiger partial charge in [0, 0.05) is 9.65 Å². The molecule has 0 bridgehead atoms. The lowest BCUT2D eigenvalue weighted by molar-refractivity contribution is 0.734. The Morgan fingerprint density at radius 2 is 1.88 bits per heavy atom. The van der Waals surface area contributed by atoms with E-state index in [4.69, 9.17) is 0 Å². The molecule has 1 atom stereocenters. The molecule has 0 radical (unpaired) electrons. The van der Waals surface area contributed by atoms with Crippen LogP contribution in [0, 0.1) is 5.92 Å². The molecule has 0 nitrogen and oxygen atoms in total. The molecule has 1 heteroatoms. The van der Waals surface area contributed by atoms with Gasteiger partial charge in [0.25, 0.3) is 0 Å². The summed E-state index contributed by atoms with van der Waals surface area (Å²) in [6, 6.07) is 10.7. The largest absolute Gasteiger partial charge is 0.115 e. The standard InChI is InChI=1S/C16H20S/c1-13-9-11-15(12-10-13)17-16(2,3)14-7-5-4-6-8-14/h4-9,11-13H,10H2,1-3H3. The molecule has 1 aliphatic rings. The summed E-state index contributed by atoms with van der Waals surface area (Å²) in [5.41, 5.74) is 1.39. The van der Waals surface area contributed by atoms with Crippen molar-refractivity contribution >= 4 is 11.8 Å². The molecule has 1 aromatic carbocycles. The summed E-state index contributed by atoms with van der Waals surface area (Å²) in [6.45, 7) is 6.84. The van der Waals surface area contributed by atoms with Gasteiger partial charge in [-0.15, -0.1) is 11.8 Å². The van der Waals surface area contributed by atoms with Crippen LogP contribution in [-0.2, 0) is 4.75 Å². The van der Waals surface area contributed by atoms with Crippen molar-refractivity contribution in [3.05, 3.63) is 59.0 Å². The fraction of sp³-hybridized carbons (Fsp3) is 0.375. The maximum atomic E-state index is 2.36. The van der Waals surface area contributed by atoms with Gasteiger partial charge in [-0.25, -0.2) is 0 Å². The molecule has 90 valence electrons. The van der Waals surface area contributed by atoms with Crippen molar-refractivity contribution in [3.63, 3.8) is 0 Å². The molecule has 0 fully saturated rings. The first-order valence-electron chi connectivity index (χ1n) is 6.21. The second-order valence-corrected chi connectivity index (χ2v) is 6.85. The highest BCUT2D eigenvalue weighted by molar-refractivity contribution is 8.04. The van der Waals surface area contributed by atoms with Crippen molar-refractivity contribution in [1.82, 2.24) is 0 Å². The quantitative estimate of drug-likeness (QED) is 0.710. The second kappa shape index (κ2) is 5.14. The third-order valence-electron chi connectivity index (χ3n) is 3.12. The monoisotopic (exact) mass is 244 g/mol. The van der Waals surface area contributed by atoms with Crippen LogP contribution in [0.15, 0.2) is 53.5 Å². The Hall–Kier alpha value is -0.950. The van der Waals surface area contributed by atoms with Crippen LogP contribution in [0.3, 0.4) is 0 Å². The Balaban J connectivity index is 2.11. The minimum absolute atomic E-state index is 0.137. The van der Waals surface area contributed by atoms with Crippen LogP contribution in [0.25, 0.3) is 0 Å². The van der Waals surface area contributed by atoms with Crippen molar-refractivity contribution in [2.45, 2.75) is 31.9 Å². The van der Waals surface area contributed by atoms with E-state index in [1.807, 2.05) is 11.8 Å². The van der Waals surface area contributed by atoms with Crippen LogP contribution < -0.4 is 0 Å². The lowest BCUT2D eigenvalue weighted by Crippen LogP contribution is -2.12. The number of hydrogen-bond donors (Lipinski definition) is 0. The van der Waals surface area contributed by atoms with Gasteiger partial charge in [0.1, 0.15) is 0 Å². The Labute approximate surface area is 109 Å². The van der Waals surface area contributed by atoms with Gasteiger partial charge in [-0.05, 0) is 31.7 Å². The number of allylic oxidation sites excluding steroid dienone is 3. The fourth-order valence-electron chi connectivity index (χ4n) is 1.98. The first-order chi connectivity index (χ1) is 8.08. The van der Waals surface area contributed by atoms with E-state index in [0.717, 1.165) is 0 Å². The van der Waals surface area contributed by atoms with Gasteiger partial charge < -0.3 is 0 Å².